The van der Waals surface area contributed by atoms with Gasteiger partial charge >= 0.3 is 0 Å². The van der Waals surface area contributed by atoms with Gasteiger partial charge in [-0.2, -0.15) is 11.8 Å². The third-order valence-corrected chi connectivity index (χ3v) is 4.82. The minimum atomic E-state index is 0.0765. The Labute approximate surface area is 124 Å². The normalized spacial score (nSPS) is 21.5. The molecule has 3 N–H and O–H groups in total. The smallest absolute Gasteiger partial charge is 0.161 e. The molecule has 0 saturated carbocycles. The Hall–Kier alpha value is -0.950. The average Bonchev–Trinajstić information content (AvgIpc) is 2.49. The molecule has 0 bridgehead atoms. The van der Waals surface area contributed by atoms with Crippen LogP contribution in [-0.2, 0) is 0 Å². The lowest BCUT2D eigenvalue weighted by Gasteiger charge is -2.37. The van der Waals surface area contributed by atoms with E-state index in [1.165, 1.54) is 5.75 Å². The van der Waals surface area contributed by atoms with Crippen molar-refractivity contribution in [2.75, 3.05) is 39.3 Å². The van der Waals surface area contributed by atoms with Gasteiger partial charge < -0.3 is 9.47 Å². The molecule has 5 nitrogen and oxygen atoms in total. The molecule has 1 aromatic rings. The van der Waals surface area contributed by atoms with Gasteiger partial charge in [0.25, 0.3) is 0 Å². The minimum absolute atomic E-state index is 0.0765. The molecule has 0 spiro atoms. The van der Waals surface area contributed by atoms with E-state index in [1.54, 1.807) is 14.2 Å². The number of nitrogens with one attached hydrogen (secondary N) is 1. The first-order chi connectivity index (χ1) is 9.71. The Bertz CT molecular complexity index is 444. The highest BCUT2D eigenvalue weighted by atomic mass is 32.2. The highest BCUT2D eigenvalue weighted by Gasteiger charge is 2.29. The van der Waals surface area contributed by atoms with Gasteiger partial charge in [0.05, 0.1) is 20.3 Å². The Balaban J connectivity index is 2.26. The van der Waals surface area contributed by atoms with Crippen LogP contribution in [0.3, 0.4) is 0 Å². The molecule has 1 aromatic carbocycles. The first-order valence-electron chi connectivity index (χ1n) is 6.67. The molecule has 1 fully saturated rings. The molecule has 0 aromatic heterocycles. The van der Waals surface area contributed by atoms with Crippen molar-refractivity contribution in [1.29, 1.82) is 0 Å². The predicted molar refractivity (Wildman–Crippen MR) is 83.4 cm³/mol. The average molecular weight is 297 g/mol. The monoisotopic (exact) mass is 297 g/mol. The molecule has 0 aliphatic carbocycles. The first-order valence-corrected chi connectivity index (χ1v) is 7.82. The Morgan fingerprint density at radius 3 is 2.70 bits per heavy atom. The lowest BCUT2D eigenvalue weighted by molar-refractivity contribution is 0.216. The summed E-state index contributed by atoms with van der Waals surface area (Å²) in [5.41, 5.74) is 4.07. The number of ether oxygens (including phenoxy) is 2. The van der Waals surface area contributed by atoms with Crippen LogP contribution in [0.4, 0.5) is 0 Å². The molecular formula is C14H23N3O2S. The molecule has 0 amide bonds. The number of benzene rings is 1. The molecule has 1 saturated heterocycles. The molecule has 1 aliphatic heterocycles. The highest BCUT2D eigenvalue weighted by Crippen LogP contribution is 2.33. The van der Waals surface area contributed by atoms with Crippen molar-refractivity contribution in [3.8, 4) is 11.5 Å². The van der Waals surface area contributed by atoms with Crippen molar-refractivity contribution >= 4 is 11.8 Å². The van der Waals surface area contributed by atoms with E-state index in [2.05, 4.69) is 17.4 Å². The Kier molecular flexibility index (Phi) is 5.54. The van der Waals surface area contributed by atoms with E-state index in [1.807, 2.05) is 30.0 Å². The molecule has 112 valence electrons. The molecule has 20 heavy (non-hydrogen) atoms. The highest BCUT2D eigenvalue weighted by molar-refractivity contribution is 7.99. The largest absolute Gasteiger partial charge is 0.493 e. The second-order valence-corrected chi connectivity index (χ2v) is 6.03. The van der Waals surface area contributed by atoms with Crippen LogP contribution < -0.4 is 20.7 Å². The summed E-state index contributed by atoms with van der Waals surface area (Å²) >= 11 is 1.97. The zero-order valence-electron chi connectivity index (χ0n) is 12.3. The first kappa shape index (κ1) is 15.4. The summed E-state index contributed by atoms with van der Waals surface area (Å²) < 4.78 is 10.7. The number of rotatable bonds is 5. The van der Waals surface area contributed by atoms with Crippen LogP contribution in [-0.4, -0.2) is 50.3 Å². The zero-order valence-corrected chi connectivity index (χ0v) is 13.1. The number of hydrogen-bond acceptors (Lipinski definition) is 6. The summed E-state index contributed by atoms with van der Waals surface area (Å²) in [6.45, 7) is 1.08. The van der Waals surface area contributed by atoms with Crippen LogP contribution >= 0.6 is 11.8 Å². The summed E-state index contributed by atoms with van der Waals surface area (Å²) in [5.74, 6) is 9.52. The predicted octanol–water partition coefficient (Wildman–Crippen LogP) is 1.26. The van der Waals surface area contributed by atoms with E-state index in [0.29, 0.717) is 6.04 Å². The van der Waals surface area contributed by atoms with Gasteiger partial charge in [-0.3, -0.25) is 16.2 Å². The van der Waals surface area contributed by atoms with Crippen LogP contribution in [0, 0.1) is 0 Å². The van der Waals surface area contributed by atoms with Gasteiger partial charge in [-0.05, 0) is 24.7 Å². The van der Waals surface area contributed by atoms with Crippen molar-refractivity contribution in [3.05, 3.63) is 23.8 Å². The number of hydrazine groups is 1. The minimum Gasteiger partial charge on any atom is -0.493 e. The molecule has 2 atom stereocenters. The number of hydrogen-bond donors (Lipinski definition) is 2. The molecular weight excluding hydrogens is 274 g/mol. The summed E-state index contributed by atoms with van der Waals surface area (Å²) in [5, 5.41) is 0. The fraction of sp³-hybridized carbons (Fsp3) is 0.571. The second-order valence-electron chi connectivity index (χ2n) is 4.88. The van der Waals surface area contributed by atoms with Crippen molar-refractivity contribution in [1.82, 2.24) is 10.3 Å². The van der Waals surface area contributed by atoms with E-state index in [0.717, 1.165) is 29.4 Å². The van der Waals surface area contributed by atoms with Gasteiger partial charge in [-0.25, -0.2) is 0 Å². The Morgan fingerprint density at radius 2 is 2.10 bits per heavy atom. The van der Waals surface area contributed by atoms with Crippen LogP contribution in [0.25, 0.3) is 0 Å². The van der Waals surface area contributed by atoms with Crippen molar-refractivity contribution in [2.45, 2.75) is 12.1 Å². The third-order valence-electron chi connectivity index (χ3n) is 3.77. The maximum absolute atomic E-state index is 5.80. The molecule has 1 aliphatic rings. The number of methoxy groups -OCH3 is 2. The van der Waals surface area contributed by atoms with Crippen LogP contribution in [0.15, 0.2) is 18.2 Å². The van der Waals surface area contributed by atoms with Gasteiger partial charge in [-0.15, -0.1) is 0 Å². The third kappa shape index (κ3) is 3.20. The summed E-state index contributed by atoms with van der Waals surface area (Å²) in [4.78, 5) is 2.36. The second kappa shape index (κ2) is 7.17. The summed E-state index contributed by atoms with van der Waals surface area (Å²) in [7, 11) is 5.44. The lowest BCUT2D eigenvalue weighted by Crippen LogP contribution is -2.49. The lowest BCUT2D eigenvalue weighted by atomic mass is 9.99. The topological polar surface area (TPSA) is 59.8 Å². The van der Waals surface area contributed by atoms with Gasteiger partial charge in [-0.1, -0.05) is 6.07 Å². The van der Waals surface area contributed by atoms with E-state index < -0.39 is 0 Å². The van der Waals surface area contributed by atoms with Crippen LogP contribution in [0.5, 0.6) is 11.5 Å². The van der Waals surface area contributed by atoms with Crippen molar-refractivity contribution < 1.29 is 9.47 Å². The van der Waals surface area contributed by atoms with Crippen LogP contribution in [0.1, 0.15) is 11.6 Å². The molecule has 6 heteroatoms. The number of nitrogens with zero attached hydrogens (tertiary/aromatic N) is 1. The van der Waals surface area contributed by atoms with E-state index >= 15 is 0 Å². The maximum atomic E-state index is 5.80. The zero-order chi connectivity index (χ0) is 14.5. The Morgan fingerprint density at radius 1 is 1.35 bits per heavy atom. The quantitative estimate of drug-likeness (QED) is 0.630. The van der Waals surface area contributed by atoms with Gasteiger partial charge in [0.1, 0.15) is 0 Å². The number of likely N-dealkylation sites (N-methyl/N-ethyl adjacent to an activating group) is 1. The van der Waals surface area contributed by atoms with E-state index in [-0.39, 0.29) is 6.04 Å². The molecule has 0 radical (unpaired) electrons. The van der Waals surface area contributed by atoms with Crippen molar-refractivity contribution in [3.63, 3.8) is 0 Å². The van der Waals surface area contributed by atoms with Gasteiger partial charge in [0.2, 0.25) is 0 Å². The standard InChI is InChI=1S/C14H23N3O2S/c1-17-6-7-20-9-11(17)14(16-15)10-4-5-12(18-2)13(8-10)19-3/h4-5,8,11,14,16H,6-7,9,15H2,1-3H3. The van der Waals surface area contributed by atoms with Gasteiger partial charge in [0, 0.05) is 24.1 Å². The van der Waals surface area contributed by atoms with E-state index in [4.69, 9.17) is 15.3 Å². The van der Waals surface area contributed by atoms with Gasteiger partial charge in [0.15, 0.2) is 11.5 Å². The molecule has 2 unspecified atom stereocenters. The summed E-state index contributed by atoms with van der Waals surface area (Å²) in [6.07, 6.45) is 0. The van der Waals surface area contributed by atoms with E-state index in [9.17, 15) is 0 Å². The fourth-order valence-electron chi connectivity index (χ4n) is 2.53. The molecule has 1 heterocycles. The maximum Gasteiger partial charge on any atom is 0.161 e. The number of thioether (sulfide) groups is 1. The number of nitrogens with two attached hydrogens (primary N) is 1. The molecule has 2 rings (SSSR count). The van der Waals surface area contributed by atoms with Crippen LogP contribution in [0.2, 0.25) is 0 Å². The fourth-order valence-corrected chi connectivity index (χ4v) is 3.80. The SMILES string of the molecule is COc1ccc(C(NN)C2CSCCN2C)cc1OC. The van der Waals surface area contributed by atoms with Crippen molar-refractivity contribution in [2.24, 2.45) is 5.84 Å². The summed E-state index contributed by atoms with van der Waals surface area (Å²) in [6, 6.07) is 6.41.